The van der Waals surface area contributed by atoms with Crippen LogP contribution in [0.3, 0.4) is 0 Å². The van der Waals surface area contributed by atoms with Crippen molar-refractivity contribution in [1.82, 2.24) is 10.3 Å². The van der Waals surface area contributed by atoms with Crippen LogP contribution in [0, 0.1) is 13.8 Å². The third kappa shape index (κ3) is 4.19. The lowest BCUT2D eigenvalue weighted by molar-refractivity contribution is 0.546. The number of aromatic nitrogens is 1. The molecule has 0 bridgehead atoms. The van der Waals surface area contributed by atoms with E-state index in [1.165, 1.54) is 55.5 Å². The Kier molecular flexibility index (Phi) is 6.04. The van der Waals surface area contributed by atoms with Gasteiger partial charge in [0, 0.05) is 30.9 Å². The van der Waals surface area contributed by atoms with Gasteiger partial charge in [-0.15, -0.1) is 0 Å². The lowest BCUT2D eigenvalue weighted by atomic mass is 10.0. The van der Waals surface area contributed by atoms with Crippen LogP contribution in [0.5, 0.6) is 0 Å². The lowest BCUT2D eigenvalue weighted by Gasteiger charge is -2.31. The molecule has 1 heterocycles. The van der Waals surface area contributed by atoms with E-state index in [-0.39, 0.29) is 0 Å². The summed E-state index contributed by atoms with van der Waals surface area (Å²) in [6.07, 6.45) is 8.14. The fourth-order valence-electron chi connectivity index (χ4n) is 3.42. The summed E-state index contributed by atoms with van der Waals surface area (Å²) >= 11 is 0. The summed E-state index contributed by atoms with van der Waals surface area (Å²) in [5, 5.41) is 3.47. The first-order chi connectivity index (χ1) is 10.1. The van der Waals surface area contributed by atoms with Crippen molar-refractivity contribution in [2.24, 2.45) is 0 Å². The first-order valence-corrected chi connectivity index (χ1v) is 8.54. The molecule has 0 spiro atoms. The molecule has 1 aliphatic carbocycles. The molecule has 1 N–H and O–H groups in total. The molecule has 1 aromatic rings. The summed E-state index contributed by atoms with van der Waals surface area (Å²) in [5.74, 6) is 1.19. The summed E-state index contributed by atoms with van der Waals surface area (Å²) in [6, 6.07) is 2.86. The van der Waals surface area contributed by atoms with Crippen molar-refractivity contribution in [3.8, 4) is 0 Å². The van der Waals surface area contributed by atoms with Gasteiger partial charge in [-0.3, -0.25) is 0 Å². The van der Waals surface area contributed by atoms with Gasteiger partial charge in [0.2, 0.25) is 0 Å². The molecule has 118 valence electrons. The Morgan fingerprint density at radius 3 is 2.48 bits per heavy atom. The number of anilines is 1. The van der Waals surface area contributed by atoms with E-state index >= 15 is 0 Å². The molecule has 1 aliphatic rings. The van der Waals surface area contributed by atoms with E-state index in [4.69, 9.17) is 4.98 Å². The van der Waals surface area contributed by atoms with Crippen LogP contribution in [0.4, 0.5) is 5.82 Å². The molecule has 0 aliphatic heterocycles. The van der Waals surface area contributed by atoms with Crippen LogP contribution in [-0.4, -0.2) is 24.6 Å². The van der Waals surface area contributed by atoms with Gasteiger partial charge in [-0.2, -0.15) is 0 Å². The average molecular weight is 289 g/mol. The largest absolute Gasteiger partial charge is 0.356 e. The van der Waals surface area contributed by atoms with Gasteiger partial charge >= 0.3 is 0 Å². The van der Waals surface area contributed by atoms with E-state index in [2.05, 4.69) is 44.1 Å². The Bertz CT molecular complexity index is 448. The Hall–Kier alpha value is -1.09. The Balaban J connectivity index is 2.26. The number of rotatable bonds is 5. The molecule has 0 saturated heterocycles. The first-order valence-electron chi connectivity index (χ1n) is 8.54. The van der Waals surface area contributed by atoms with Gasteiger partial charge in [-0.05, 0) is 44.9 Å². The Morgan fingerprint density at radius 2 is 1.86 bits per heavy atom. The number of nitrogens with one attached hydrogen (secondary N) is 1. The van der Waals surface area contributed by atoms with Crippen LogP contribution in [0.2, 0.25) is 0 Å². The second-order valence-electron chi connectivity index (χ2n) is 6.42. The first kappa shape index (κ1) is 16.3. The highest BCUT2D eigenvalue weighted by Crippen LogP contribution is 2.28. The number of aryl methyl sites for hydroxylation is 2. The number of nitrogens with zero attached hydrogens (tertiary/aromatic N) is 2. The molecule has 1 saturated carbocycles. The van der Waals surface area contributed by atoms with Crippen LogP contribution >= 0.6 is 0 Å². The maximum atomic E-state index is 4.88. The minimum atomic E-state index is 0.654. The zero-order valence-corrected chi connectivity index (χ0v) is 14.2. The smallest absolute Gasteiger partial charge is 0.133 e. The summed E-state index contributed by atoms with van der Waals surface area (Å²) in [4.78, 5) is 7.33. The standard InChI is InChI=1S/C18H31N3/c1-5-19-13-17-14(2)12-15(3)20-18(17)21(4)16-10-8-6-7-9-11-16/h12,16,19H,5-11,13H2,1-4H3. The van der Waals surface area contributed by atoms with Crippen molar-refractivity contribution in [2.75, 3.05) is 18.5 Å². The van der Waals surface area contributed by atoms with Gasteiger partial charge in [0.1, 0.15) is 5.82 Å². The normalized spacial score (nSPS) is 16.8. The predicted molar refractivity (Wildman–Crippen MR) is 91.0 cm³/mol. The Labute approximate surface area is 130 Å². The fraction of sp³-hybridized carbons (Fsp3) is 0.722. The quantitative estimate of drug-likeness (QED) is 0.831. The van der Waals surface area contributed by atoms with Crippen molar-refractivity contribution in [2.45, 2.75) is 71.9 Å². The maximum absolute atomic E-state index is 4.88. The number of pyridine rings is 1. The average Bonchev–Trinajstić information content (AvgIpc) is 2.74. The van der Waals surface area contributed by atoms with Crippen LogP contribution < -0.4 is 10.2 Å². The molecule has 0 aromatic carbocycles. The van der Waals surface area contributed by atoms with E-state index in [0.717, 1.165) is 18.8 Å². The lowest BCUT2D eigenvalue weighted by Crippen LogP contribution is -2.33. The van der Waals surface area contributed by atoms with Crippen molar-refractivity contribution in [3.63, 3.8) is 0 Å². The molecule has 2 rings (SSSR count). The minimum Gasteiger partial charge on any atom is -0.356 e. The van der Waals surface area contributed by atoms with E-state index in [0.29, 0.717) is 6.04 Å². The SMILES string of the molecule is CCNCc1c(C)cc(C)nc1N(C)C1CCCCCC1. The molecule has 3 nitrogen and oxygen atoms in total. The summed E-state index contributed by atoms with van der Waals surface area (Å²) in [7, 11) is 2.24. The molecule has 1 aromatic heterocycles. The Morgan fingerprint density at radius 1 is 1.19 bits per heavy atom. The van der Waals surface area contributed by atoms with Gasteiger partial charge in [-0.25, -0.2) is 4.98 Å². The van der Waals surface area contributed by atoms with E-state index in [9.17, 15) is 0 Å². The topological polar surface area (TPSA) is 28.2 Å². The molecule has 1 fully saturated rings. The highest BCUT2D eigenvalue weighted by atomic mass is 15.2. The molecule has 3 heteroatoms. The summed E-state index contributed by atoms with van der Waals surface area (Å²) < 4.78 is 0. The van der Waals surface area contributed by atoms with Gasteiger partial charge < -0.3 is 10.2 Å². The van der Waals surface area contributed by atoms with Crippen molar-refractivity contribution in [1.29, 1.82) is 0 Å². The van der Waals surface area contributed by atoms with Gasteiger partial charge in [0.05, 0.1) is 0 Å². The predicted octanol–water partition coefficient (Wildman–Crippen LogP) is 3.97. The number of hydrogen-bond donors (Lipinski definition) is 1. The van der Waals surface area contributed by atoms with E-state index < -0.39 is 0 Å². The highest BCUT2D eigenvalue weighted by Gasteiger charge is 2.21. The van der Waals surface area contributed by atoms with E-state index in [1.807, 2.05) is 0 Å². The molecular weight excluding hydrogens is 258 g/mol. The third-order valence-electron chi connectivity index (χ3n) is 4.71. The summed E-state index contributed by atoms with van der Waals surface area (Å²) in [6.45, 7) is 8.40. The van der Waals surface area contributed by atoms with Crippen molar-refractivity contribution >= 4 is 5.82 Å². The zero-order chi connectivity index (χ0) is 15.2. The molecule has 0 radical (unpaired) electrons. The van der Waals surface area contributed by atoms with Gasteiger partial charge in [0.25, 0.3) is 0 Å². The van der Waals surface area contributed by atoms with Gasteiger partial charge in [0.15, 0.2) is 0 Å². The molecule has 0 atom stereocenters. The van der Waals surface area contributed by atoms with Crippen LogP contribution in [0.25, 0.3) is 0 Å². The monoisotopic (exact) mass is 289 g/mol. The molecule has 21 heavy (non-hydrogen) atoms. The highest BCUT2D eigenvalue weighted by molar-refractivity contribution is 5.52. The second kappa shape index (κ2) is 7.79. The zero-order valence-electron chi connectivity index (χ0n) is 14.2. The van der Waals surface area contributed by atoms with Crippen molar-refractivity contribution in [3.05, 3.63) is 22.9 Å². The van der Waals surface area contributed by atoms with Crippen molar-refractivity contribution < 1.29 is 0 Å². The third-order valence-corrected chi connectivity index (χ3v) is 4.71. The van der Waals surface area contributed by atoms with Crippen LogP contribution in [-0.2, 0) is 6.54 Å². The van der Waals surface area contributed by atoms with Crippen LogP contribution in [0.15, 0.2) is 6.07 Å². The van der Waals surface area contributed by atoms with E-state index in [1.54, 1.807) is 0 Å². The number of hydrogen-bond acceptors (Lipinski definition) is 3. The fourth-order valence-corrected chi connectivity index (χ4v) is 3.42. The second-order valence-corrected chi connectivity index (χ2v) is 6.42. The maximum Gasteiger partial charge on any atom is 0.133 e. The minimum absolute atomic E-state index is 0.654. The molecule has 0 unspecified atom stereocenters. The summed E-state index contributed by atoms with van der Waals surface area (Å²) in [5.41, 5.74) is 3.86. The molecular formula is C18H31N3. The van der Waals surface area contributed by atoms with Gasteiger partial charge in [-0.1, -0.05) is 32.6 Å². The van der Waals surface area contributed by atoms with Crippen LogP contribution in [0.1, 0.15) is 62.3 Å². The molecule has 0 amide bonds.